The highest BCUT2D eigenvalue weighted by Crippen LogP contribution is 2.23. The number of rotatable bonds is 48. The highest BCUT2D eigenvalue weighted by atomic mass is 16.1. The number of carbonyl (C=O) groups excluding carboxylic acids is 1. The third-order valence-corrected chi connectivity index (χ3v) is 13.8. The summed E-state index contributed by atoms with van der Waals surface area (Å²) in [7, 11) is 0. The molecule has 1 heterocycles. The van der Waals surface area contributed by atoms with Gasteiger partial charge in [0, 0.05) is 39.3 Å². The van der Waals surface area contributed by atoms with Gasteiger partial charge in [-0.25, -0.2) is 0 Å². The molecule has 0 radical (unpaired) electrons. The minimum absolute atomic E-state index is 0.0567. The normalized spacial score (nSPS) is 15.4. The molecular formula is C54H110N4O. The third-order valence-electron chi connectivity index (χ3n) is 13.8. The molecule has 1 saturated heterocycles. The first kappa shape index (κ1) is 56.5. The van der Waals surface area contributed by atoms with Crippen molar-refractivity contribution in [1.29, 1.82) is 0 Å². The maximum absolute atomic E-state index is 13.2. The molecule has 1 aliphatic rings. The molecule has 352 valence electrons. The van der Waals surface area contributed by atoms with Gasteiger partial charge < -0.3 is 14.6 Å². The molecule has 0 aromatic heterocycles. The lowest BCUT2D eigenvalue weighted by Gasteiger charge is -2.36. The minimum Gasteiger partial charge on any atom is -0.303 e. The first-order chi connectivity index (χ1) is 29.1. The van der Waals surface area contributed by atoms with Gasteiger partial charge in [0.15, 0.2) is 6.29 Å². The first-order valence-electron chi connectivity index (χ1n) is 27.5. The Morgan fingerprint density at radius 1 is 0.407 bits per heavy atom. The van der Waals surface area contributed by atoms with Gasteiger partial charge >= 0.3 is 0 Å². The standard InChI is InChI=1S/C54H110N4O/c1-6-11-16-21-26-31-36-42-55(43-37-32-27-22-17-12-7-2)48-49-57(46-40-35-30-25-20-15-10-5)54(52-59)58-47-41-53(51-58)50-56(44-38-33-28-23-18-13-8-3)45-39-34-29-24-19-14-9-4/h52-54H,6-51H2,1-5H3/t53-,54?/m0/s1. The van der Waals surface area contributed by atoms with Crippen molar-refractivity contribution in [2.75, 3.05) is 65.4 Å². The lowest BCUT2D eigenvalue weighted by Crippen LogP contribution is -2.51. The summed E-state index contributed by atoms with van der Waals surface area (Å²) < 4.78 is 0. The summed E-state index contributed by atoms with van der Waals surface area (Å²) in [6, 6.07) is 0. The van der Waals surface area contributed by atoms with Crippen LogP contribution in [0.15, 0.2) is 0 Å². The van der Waals surface area contributed by atoms with E-state index in [0.29, 0.717) is 5.92 Å². The fraction of sp³-hybridized carbons (Fsp3) is 0.981. The molecule has 0 aliphatic carbocycles. The molecule has 0 amide bonds. The van der Waals surface area contributed by atoms with Gasteiger partial charge in [0.2, 0.25) is 0 Å². The second-order valence-corrected chi connectivity index (χ2v) is 19.5. The molecule has 0 aromatic carbocycles. The van der Waals surface area contributed by atoms with Crippen LogP contribution in [0.25, 0.3) is 0 Å². The number of likely N-dealkylation sites (tertiary alicyclic amines) is 1. The third kappa shape index (κ3) is 33.7. The minimum atomic E-state index is -0.0567. The smallest absolute Gasteiger partial charge is 0.151 e. The molecular weight excluding hydrogens is 721 g/mol. The topological polar surface area (TPSA) is 30.0 Å². The summed E-state index contributed by atoms with van der Waals surface area (Å²) >= 11 is 0. The van der Waals surface area contributed by atoms with Gasteiger partial charge in [-0.2, -0.15) is 0 Å². The molecule has 0 N–H and O–H groups in total. The fourth-order valence-electron chi connectivity index (χ4n) is 9.74. The summed E-state index contributed by atoms with van der Waals surface area (Å²) in [6.07, 6.45) is 50.6. The van der Waals surface area contributed by atoms with E-state index in [4.69, 9.17) is 0 Å². The molecule has 5 heteroatoms. The van der Waals surface area contributed by atoms with Crippen molar-refractivity contribution in [3.8, 4) is 0 Å². The van der Waals surface area contributed by atoms with E-state index in [0.717, 1.165) is 32.7 Å². The summed E-state index contributed by atoms with van der Waals surface area (Å²) in [5.74, 6) is 0.693. The molecule has 1 fully saturated rings. The van der Waals surface area contributed by atoms with Crippen molar-refractivity contribution in [2.45, 2.75) is 272 Å². The number of hydrogen-bond donors (Lipinski definition) is 0. The van der Waals surface area contributed by atoms with Crippen molar-refractivity contribution in [3.63, 3.8) is 0 Å². The summed E-state index contributed by atoms with van der Waals surface area (Å²) in [6.45, 7) is 23.3. The zero-order chi connectivity index (χ0) is 42.7. The van der Waals surface area contributed by atoms with E-state index in [-0.39, 0.29) is 6.17 Å². The second kappa shape index (κ2) is 44.1. The van der Waals surface area contributed by atoms with Gasteiger partial charge in [-0.15, -0.1) is 0 Å². The summed E-state index contributed by atoms with van der Waals surface area (Å²) in [5.41, 5.74) is 0. The Kier molecular flexibility index (Phi) is 42.3. The van der Waals surface area contributed by atoms with Crippen LogP contribution < -0.4 is 0 Å². The van der Waals surface area contributed by atoms with Crippen LogP contribution in [0.3, 0.4) is 0 Å². The van der Waals surface area contributed by atoms with Crippen LogP contribution in [-0.4, -0.2) is 97.5 Å². The molecule has 5 nitrogen and oxygen atoms in total. The van der Waals surface area contributed by atoms with Gasteiger partial charge in [-0.3, -0.25) is 9.80 Å². The molecule has 0 saturated carbocycles. The Labute approximate surface area is 372 Å². The SMILES string of the molecule is CCCCCCCCCN(CCCCCCCCC)CCN(CCCCCCCCC)C(C=O)N1CC[C@@H](CN(CCCCCCCCC)CCCCCCCCC)C1. The number of carbonyl (C=O) groups is 1. The predicted molar refractivity (Wildman–Crippen MR) is 264 cm³/mol. The molecule has 1 rings (SSSR count). The molecule has 0 spiro atoms. The van der Waals surface area contributed by atoms with Crippen LogP contribution in [0.4, 0.5) is 0 Å². The van der Waals surface area contributed by atoms with Gasteiger partial charge in [-0.1, -0.05) is 227 Å². The van der Waals surface area contributed by atoms with Crippen LogP contribution in [0.1, 0.15) is 266 Å². The molecule has 1 aliphatic heterocycles. The van der Waals surface area contributed by atoms with E-state index in [1.165, 1.54) is 270 Å². The van der Waals surface area contributed by atoms with Crippen molar-refractivity contribution >= 4 is 6.29 Å². The Balaban J connectivity index is 2.90. The lowest BCUT2D eigenvalue weighted by atomic mass is 10.1. The van der Waals surface area contributed by atoms with E-state index in [9.17, 15) is 4.79 Å². The van der Waals surface area contributed by atoms with E-state index in [1.54, 1.807) is 0 Å². The summed E-state index contributed by atoms with van der Waals surface area (Å²) in [5, 5.41) is 0. The average Bonchev–Trinajstić information content (AvgIpc) is 3.71. The zero-order valence-corrected chi connectivity index (χ0v) is 41.5. The highest BCUT2D eigenvalue weighted by molar-refractivity contribution is 5.57. The van der Waals surface area contributed by atoms with Crippen molar-refractivity contribution in [3.05, 3.63) is 0 Å². The van der Waals surface area contributed by atoms with Crippen molar-refractivity contribution < 1.29 is 4.79 Å². The quantitative estimate of drug-likeness (QED) is 0.0450. The number of aldehydes is 1. The van der Waals surface area contributed by atoms with Crippen LogP contribution in [-0.2, 0) is 4.79 Å². The van der Waals surface area contributed by atoms with Crippen LogP contribution in [0.2, 0.25) is 0 Å². The predicted octanol–water partition coefficient (Wildman–Crippen LogP) is 15.5. The molecule has 59 heavy (non-hydrogen) atoms. The van der Waals surface area contributed by atoms with E-state index < -0.39 is 0 Å². The monoisotopic (exact) mass is 831 g/mol. The molecule has 1 unspecified atom stereocenters. The number of unbranched alkanes of at least 4 members (excludes halogenated alkanes) is 30. The zero-order valence-electron chi connectivity index (χ0n) is 41.5. The maximum atomic E-state index is 13.2. The molecule has 0 bridgehead atoms. The molecule has 2 atom stereocenters. The number of hydrogen-bond acceptors (Lipinski definition) is 5. The van der Waals surface area contributed by atoms with Crippen LogP contribution >= 0.6 is 0 Å². The van der Waals surface area contributed by atoms with Crippen LogP contribution in [0.5, 0.6) is 0 Å². The first-order valence-corrected chi connectivity index (χ1v) is 27.5. The van der Waals surface area contributed by atoms with Gasteiger partial charge in [0.25, 0.3) is 0 Å². The van der Waals surface area contributed by atoms with Gasteiger partial charge in [0.05, 0.1) is 0 Å². The fourth-order valence-corrected chi connectivity index (χ4v) is 9.74. The average molecular weight is 832 g/mol. The second-order valence-electron chi connectivity index (χ2n) is 19.5. The summed E-state index contributed by atoms with van der Waals surface area (Å²) in [4.78, 5) is 24.1. The van der Waals surface area contributed by atoms with Gasteiger partial charge in [0.1, 0.15) is 6.17 Å². The van der Waals surface area contributed by atoms with E-state index in [1.807, 2.05) is 0 Å². The Morgan fingerprint density at radius 3 is 1.08 bits per heavy atom. The van der Waals surface area contributed by atoms with E-state index in [2.05, 4.69) is 54.2 Å². The number of nitrogens with zero attached hydrogens (tertiary/aromatic N) is 4. The Hall–Kier alpha value is -0.490. The largest absolute Gasteiger partial charge is 0.303 e. The van der Waals surface area contributed by atoms with E-state index >= 15 is 0 Å². The highest BCUT2D eigenvalue weighted by Gasteiger charge is 2.32. The maximum Gasteiger partial charge on any atom is 0.151 e. The Morgan fingerprint density at radius 2 is 0.729 bits per heavy atom. The molecule has 0 aromatic rings. The van der Waals surface area contributed by atoms with Gasteiger partial charge in [-0.05, 0) is 70.6 Å². The van der Waals surface area contributed by atoms with Crippen LogP contribution in [0, 0.1) is 5.92 Å². The Bertz CT molecular complexity index is 803. The van der Waals surface area contributed by atoms with Crippen molar-refractivity contribution in [2.24, 2.45) is 5.92 Å². The van der Waals surface area contributed by atoms with Crippen molar-refractivity contribution in [1.82, 2.24) is 19.6 Å². The lowest BCUT2D eigenvalue weighted by molar-refractivity contribution is -0.118.